The van der Waals surface area contributed by atoms with E-state index in [4.69, 9.17) is 0 Å². The van der Waals surface area contributed by atoms with Crippen LogP contribution in [-0.4, -0.2) is 31.3 Å². The highest BCUT2D eigenvalue weighted by Gasteiger charge is 2.24. The summed E-state index contributed by atoms with van der Waals surface area (Å²) in [6.07, 6.45) is 0. The maximum absolute atomic E-state index is 13.0. The van der Waals surface area contributed by atoms with Crippen molar-refractivity contribution >= 4 is 37.5 Å². The number of rotatable bonds is 6. The topological polar surface area (TPSA) is 80.2 Å². The number of aryl methyl sites for hydroxylation is 1. The van der Waals surface area contributed by atoms with Crippen LogP contribution in [0.15, 0.2) is 71.6 Å². The first-order chi connectivity index (χ1) is 14.9. The summed E-state index contributed by atoms with van der Waals surface area (Å²) in [5, 5.41) is 8.38. The molecule has 0 radical (unpaired) electrons. The first-order valence-corrected chi connectivity index (χ1v) is 11.8. The third-order valence-electron chi connectivity index (χ3n) is 5.63. The van der Waals surface area contributed by atoms with Gasteiger partial charge in [-0.3, -0.25) is 0 Å². The lowest BCUT2D eigenvalue weighted by atomic mass is 10.0. The maximum atomic E-state index is 13.0. The second-order valence-corrected chi connectivity index (χ2v) is 9.60. The van der Waals surface area contributed by atoms with Gasteiger partial charge in [-0.1, -0.05) is 60.7 Å². The molecular formula is C24H25N3O3S. The van der Waals surface area contributed by atoms with Gasteiger partial charge in [-0.15, -0.1) is 0 Å². The summed E-state index contributed by atoms with van der Waals surface area (Å²) in [4.78, 5) is 12.6. The number of amides is 2. The molecule has 0 saturated heterocycles. The number of carbonyl (C=O) groups is 1. The molecule has 0 bridgehead atoms. The van der Waals surface area contributed by atoms with E-state index in [1.807, 2.05) is 78.3 Å². The van der Waals surface area contributed by atoms with Crippen molar-refractivity contribution in [3.63, 3.8) is 0 Å². The maximum Gasteiger partial charge on any atom is 0.315 e. The standard InChI is InChI=1S/C24H25N3O3S/c1-17-23(21-12-5-6-13-22(21)27(17)2)31(29,30)15-14-25-24(28)26-16-19-10-7-9-18-8-3-4-11-20(18)19/h3-13H,14-16H2,1-2H3,(H2,25,26,28). The Morgan fingerprint density at radius 2 is 1.58 bits per heavy atom. The molecule has 6 nitrogen and oxygen atoms in total. The number of hydrogen-bond acceptors (Lipinski definition) is 3. The van der Waals surface area contributed by atoms with Crippen molar-refractivity contribution in [1.82, 2.24) is 15.2 Å². The monoisotopic (exact) mass is 435 g/mol. The Morgan fingerprint density at radius 3 is 2.39 bits per heavy atom. The number of urea groups is 1. The molecule has 0 aliphatic heterocycles. The molecule has 0 aliphatic rings. The van der Waals surface area contributed by atoms with Crippen LogP contribution >= 0.6 is 0 Å². The predicted octanol–water partition coefficient (Wildman–Crippen LogP) is 3.91. The van der Waals surface area contributed by atoms with Gasteiger partial charge in [-0.2, -0.15) is 0 Å². The lowest BCUT2D eigenvalue weighted by Gasteiger charge is -2.10. The van der Waals surface area contributed by atoms with Crippen LogP contribution < -0.4 is 10.6 Å². The largest absolute Gasteiger partial charge is 0.347 e. The van der Waals surface area contributed by atoms with Crippen LogP contribution in [0.3, 0.4) is 0 Å². The predicted molar refractivity (Wildman–Crippen MR) is 124 cm³/mol. The van der Waals surface area contributed by atoms with Gasteiger partial charge in [0, 0.05) is 36.7 Å². The fourth-order valence-corrected chi connectivity index (χ4v) is 5.63. The Morgan fingerprint density at radius 1 is 0.903 bits per heavy atom. The van der Waals surface area contributed by atoms with Crippen molar-refractivity contribution in [3.05, 3.63) is 78.0 Å². The average Bonchev–Trinajstić information content (AvgIpc) is 3.03. The molecule has 31 heavy (non-hydrogen) atoms. The Kier molecular flexibility index (Phi) is 5.69. The molecule has 0 saturated carbocycles. The minimum Gasteiger partial charge on any atom is -0.347 e. The molecule has 0 unspecified atom stereocenters. The van der Waals surface area contributed by atoms with E-state index in [-0.39, 0.29) is 12.3 Å². The number of sulfone groups is 1. The van der Waals surface area contributed by atoms with Crippen LogP contribution in [0.2, 0.25) is 0 Å². The van der Waals surface area contributed by atoms with Gasteiger partial charge < -0.3 is 15.2 Å². The Balaban J connectivity index is 1.39. The first kappa shape index (κ1) is 20.9. The summed E-state index contributed by atoms with van der Waals surface area (Å²) >= 11 is 0. The number of nitrogens with zero attached hydrogens (tertiary/aromatic N) is 1. The molecule has 4 aromatic rings. The molecule has 3 aromatic carbocycles. The van der Waals surface area contributed by atoms with Crippen LogP contribution in [0.5, 0.6) is 0 Å². The molecule has 0 aliphatic carbocycles. The highest BCUT2D eigenvalue weighted by atomic mass is 32.2. The van der Waals surface area contributed by atoms with Crippen molar-refractivity contribution in [2.24, 2.45) is 7.05 Å². The molecule has 7 heteroatoms. The summed E-state index contributed by atoms with van der Waals surface area (Å²) in [5.74, 6) is -0.163. The van der Waals surface area contributed by atoms with Gasteiger partial charge in [-0.05, 0) is 29.3 Å². The summed E-state index contributed by atoms with van der Waals surface area (Å²) in [6, 6.07) is 21.0. The molecule has 2 amide bonds. The highest BCUT2D eigenvalue weighted by Crippen LogP contribution is 2.29. The Bertz CT molecular complexity index is 1370. The van der Waals surface area contributed by atoms with Crippen molar-refractivity contribution in [2.45, 2.75) is 18.4 Å². The van der Waals surface area contributed by atoms with Crippen LogP contribution in [0.1, 0.15) is 11.3 Å². The van der Waals surface area contributed by atoms with Gasteiger partial charge in [0.2, 0.25) is 0 Å². The van der Waals surface area contributed by atoms with E-state index in [9.17, 15) is 13.2 Å². The van der Waals surface area contributed by atoms with E-state index >= 15 is 0 Å². The molecule has 160 valence electrons. The van der Waals surface area contributed by atoms with Crippen LogP contribution in [0, 0.1) is 6.92 Å². The highest BCUT2D eigenvalue weighted by molar-refractivity contribution is 7.91. The number of aromatic nitrogens is 1. The van der Waals surface area contributed by atoms with Crippen molar-refractivity contribution < 1.29 is 13.2 Å². The van der Waals surface area contributed by atoms with E-state index in [1.54, 1.807) is 6.92 Å². The lowest BCUT2D eigenvalue weighted by Crippen LogP contribution is -2.37. The van der Waals surface area contributed by atoms with Crippen molar-refractivity contribution in [1.29, 1.82) is 0 Å². The van der Waals surface area contributed by atoms with Crippen molar-refractivity contribution in [2.75, 3.05) is 12.3 Å². The summed E-state index contributed by atoms with van der Waals surface area (Å²) in [7, 11) is -1.69. The van der Waals surface area contributed by atoms with Gasteiger partial charge in [-0.25, -0.2) is 13.2 Å². The summed E-state index contributed by atoms with van der Waals surface area (Å²) < 4.78 is 27.9. The van der Waals surface area contributed by atoms with E-state index < -0.39 is 15.9 Å². The fourth-order valence-electron chi connectivity index (χ4n) is 3.96. The SMILES string of the molecule is Cc1c(S(=O)(=O)CCNC(=O)NCc2cccc3ccccc23)c2ccccc2n1C. The smallest absolute Gasteiger partial charge is 0.315 e. The van der Waals surface area contributed by atoms with Crippen LogP contribution in [0.4, 0.5) is 4.79 Å². The van der Waals surface area contributed by atoms with Gasteiger partial charge in [0.05, 0.1) is 10.6 Å². The number of fused-ring (bicyclic) bond motifs is 2. The number of nitrogens with one attached hydrogen (secondary N) is 2. The van der Waals surface area contributed by atoms with Crippen molar-refractivity contribution in [3.8, 4) is 0 Å². The third-order valence-corrected chi connectivity index (χ3v) is 7.51. The van der Waals surface area contributed by atoms with Crippen LogP contribution in [0.25, 0.3) is 21.7 Å². The fraction of sp³-hybridized carbons (Fsp3) is 0.208. The minimum absolute atomic E-state index is 0.0341. The summed E-state index contributed by atoms with van der Waals surface area (Å²) in [6.45, 7) is 2.20. The Labute approximate surface area is 181 Å². The number of benzene rings is 3. The Hall–Kier alpha value is -3.32. The molecule has 1 aromatic heterocycles. The van der Waals surface area contributed by atoms with E-state index in [2.05, 4.69) is 10.6 Å². The molecule has 0 atom stereocenters. The molecule has 1 heterocycles. The number of para-hydroxylation sites is 1. The van der Waals surface area contributed by atoms with Crippen LogP contribution in [-0.2, 0) is 23.4 Å². The third kappa shape index (κ3) is 4.14. The first-order valence-electron chi connectivity index (χ1n) is 10.1. The molecule has 0 fully saturated rings. The molecular weight excluding hydrogens is 410 g/mol. The molecule has 4 rings (SSSR count). The van der Waals surface area contributed by atoms with E-state index in [1.165, 1.54) is 0 Å². The van der Waals surface area contributed by atoms with Gasteiger partial charge >= 0.3 is 6.03 Å². The van der Waals surface area contributed by atoms with E-state index in [0.29, 0.717) is 22.5 Å². The number of carbonyl (C=O) groups excluding carboxylic acids is 1. The zero-order valence-electron chi connectivity index (χ0n) is 17.6. The molecule has 2 N–H and O–H groups in total. The lowest BCUT2D eigenvalue weighted by molar-refractivity contribution is 0.241. The summed E-state index contributed by atoms with van der Waals surface area (Å²) in [5.41, 5.74) is 2.58. The second-order valence-electron chi connectivity index (χ2n) is 7.56. The molecule has 0 spiro atoms. The second kappa shape index (κ2) is 8.43. The van der Waals surface area contributed by atoms with Gasteiger partial charge in [0.1, 0.15) is 0 Å². The average molecular weight is 436 g/mol. The zero-order valence-corrected chi connectivity index (χ0v) is 18.4. The normalized spacial score (nSPS) is 11.7. The quantitative estimate of drug-likeness (QED) is 0.482. The van der Waals surface area contributed by atoms with Gasteiger partial charge in [0.15, 0.2) is 9.84 Å². The van der Waals surface area contributed by atoms with Gasteiger partial charge in [0.25, 0.3) is 0 Å². The zero-order chi connectivity index (χ0) is 22.0. The van der Waals surface area contributed by atoms with E-state index in [0.717, 1.165) is 21.9 Å². The minimum atomic E-state index is -3.55. The number of hydrogen-bond donors (Lipinski definition) is 2.